The summed E-state index contributed by atoms with van der Waals surface area (Å²) < 4.78 is 86.8. The van der Waals surface area contributed by atoms with Crippen LogP contribution in [-0.2, 0) is 24.6 Å². The summed E-state index contributed by atoms with van der Waals surface area (Å²) in [6, 6.07) is 8.64. The maximum absolute atomic E-state index is 12.9. The van der Waals surface area contributed by atoms with Gasteiger partial charge in [0.2, 0.25) is 5.88 Å². The minimum Gasteiger partial charge on any atom is -0.442 e. The number of carbonyl (C=O) groups is 1. The third-order valence-electron chi connectivity index (χ3n) is 4.29. The van der Waals surface area contributed by atoms with Crippen molar-refractivity contribution in [3.63, 3.8) is 0 Å². The molecule has 1 atom stereocenters. The van der Waals surface area contributed by atoms with Crippen molar-refractivity contribution in [2.45, 2.75) is 36.8 Å². The Morgan fingerprint density at radius 1 is 1.03 bits per heavy atom. The highest BCUT2D eigenvalue weighted by Gasteiger charge is 2.49. The summed E-state index contributed by atoms with van der Waals surface area (Å²) in [7, 11) is -9.03. The minimum absolute atomic E-state index is 0.0350. The lowest BCUT2D eigenvalue weighted by Crippen LogP contribution is -2.28. The number of ether oxygens (including phenoxy) is 1. The van der Waals surface area contributed by atoms with Crippen molar-refractivity contribution < 1.29 is 39.5 Å². The third-order valence-corrected chi connectivity index (χ3v) is 6.88. The molecule has 2 heterocycles. The lowest BCUT2D eigenvalue weighted by molar-refractivity contribution is -0.0500. The average molecular weight is 547 g/mol. The number of amides is 1. The first kappa shape index (κ1) is 27.1. The largest absolute Gasteiger partial charge is 0.534 e. The van der Waals surface area contributed by atoms with Gasteiger partial charge in [-0.2, -0.15) is 21.6 Å². The second-order valence-corrected chi connectivity index (χ2v) is 12.2. The van der Waals surface area contributed by atoms with Crippen LogP contribution in [0, 0.1) is 0 Å². The number of benzene rings is 1. The van der Waals surface area contributed by atoms with Crippen LogP contribution in [-0.4, -0.2) is 46.1 Å². The lowest BCUT2D eigenvalue weighted by Gasteiger charge is -2.17. The number of alkyl halides is 3. The summed E-state index contributed by atoms with van der Waals surface area (Å²) in [5, 5.41) is 3.14. The quantitative estimate of drug-likeness (QED) is 0.346. The number of anilines is 2. The molecule has 3 aromatic rings. The van der Waals surface area contributed by atoms with Crippen molar-refractivity contribution in [1.82, 2.24) is 9.97 Å². The Morgan fingerprint density at radius 3 is 2.25 bits per heavy atom. The number of hydrogen-bond donors (Lipinski definition) is 1. The fourth-order valence-corrected chi connectivity index (χ4v) is 4.24. The molecule has 0 radical (unpaired) electrons. The Bertz CT molecular complexity index is 1530. The van der Waals surface area contributed by atoms with Crippen LogP contribution in [0.1, 0.15) is 20.8 Å². The molecule has 10 nitrogen and oxygen atoms in total. The van der Waals surface area contributed by atoms with Gasteiger partial charge in [-0.25, -0.2) is 19.0 Å². The predicted molar refractivity (Wildman–Crippen MR) is 126 cm³/mol. The Labute approximate surface area is 205 Å². The van der Waals surface area contributed by atoms with Gasteiger partial charge < -0.3 is 14.2 Å². The van der Waals surface area contributed by atoms with Gasteiger partial charge in [-0.3, -0.25) is 0 Å². The van der Waals surface area contributed by atoms with Crippen LogP contribution in [0.3, 0.4) is 0 Å². The molecule has 2 aromatic heterocycles. The van der Waals surface area contributed by atoms with E-state index < -0.39 is 42.9 Å². The van der Waals surface area contributed by atoms with E-state index in [4.69, 9.17) is 4.74 Å². The summed E-state index contributed by atoms with van der Waals surface area (Å²) in [5.41, 5.74) is -5.98. The number of aromatic nitrogens is 2. The van der Waals surface area contributed by atoms with E-state index in [9.17, 15) is 30.6 Å². The van der Waals surface area contributed by atoms with Gasteiger partial charge >= 0.3 is 21.7 Å². The molecule has 3 rings (SSSR count). The molecule has 0 bridgehead atoms. The van der Waals surface area contributed by atoms with E-state index in [0.29, 0.717) is 5.69 Å². The molecule has 0 aliphatic carbocycles. The Hall–Kier alpha value is -3.46. The zero-order chi connectivity index (χ0) is 26.9. The van der Waals surface area contributed by atoms with Crippen molar-refractivity contribution in [1.29, 1.82) is 0 Å². The van der Waals surface area contributed by atoms with Gasteiger partial charge in [-0.1, -0.05) is 0 Å². The van der Waals surface area contributed by atoms with Gasteiger partial charge in [0.15, 0.2) is 0 Å². The highest BCUT2D eigenvalue weighted by atomic mass is 32.2. The maximum atomic E-state index is 12.9. The van der Waals surface area contributed by atoms with Crippen LogP contribution >= 0.6 is 0 Å². The number of halogens is 3. The molecule has 15 heteroatoms. The predicted octanol–water partition coefficient (Wildman–Crippen LogP) is 4.99. The maximum Gasteiger partial charge on any atom is 0.534 e. The van der Waals surface area contributed by atoms with Gasteiger partial charge in [0.25, 0.3) is 0 Å². The van der Waals surface area contributed by atoms with Crippen LogP contribution in [0.25, 0.3) is 10.8 Å². The molecule has 0 spiro atoms. The van der Waals surface area contributed by atoms with E-state index in [1.807, 2.05) is 0 Å². The van der Waals surface area contributed by atoms with Crippen LogP contribution in [0.2, 0.25) is 0 Å². The Balaban J connectivity index is 1.86. The van der Waals surface area contributed by atoms with E-state index in [0.717, 1.165) is 6.20 Å². The average Bonchev–Trinajstić information content (AvgIpc) is 2.72. The number of rotatable bonds is 5. The molecular weight excluding hydrogens is 525 g/mol. The molecular formula is C21H21F3N4O6S2. The summed E-state index contributed by atoms with van der Waals surface area (Å²) in [4.78, 5) is 19.9. The number of nitrogens with zero attached hydrogens (tertiary/aromatic N) is 3. The van der Waals surface area contributed by atoms with Gasteiger partial charge in [-0.05, 0) is 57.2 Å². The normalized spacial score (nSPS) is 14.1. The van der Waals surface area contributed by atoms with Crippen molar-refractivity contribution >= 4 is 48.2 Å². The van der Waals surface area contributed by atoms with E-state index >= 15 is 0 Å². The van der Waals surface area contributed by atoms with E-state index in [1.165, 1.54) is 48.9 Å². The molecule has 0 saturated heterocycles. The molecule has 0 aliphatic rings. The number of fused-ring (bicyclic) bond motifs is 1. The molecule has 0 aliphatic heterocycles. The first-order valence-electron chi connectivity index (χ1n) is 10.0. The van der Waals surface area contributed by atoms with Crippen molar-refractivity contribution in [2.24, 2.45) is 4.36 Å². The van der Waals surface area contributed by atoms with Gasteiger partial charge in [0.05, 0.1) is 15.1 Å². The molecule has 36 heavy (non-hydrogen) atoms. The van der Waals surface area contributed by atoms with Crippen molar-refractivity contribution in [2.75, 3.05) is 11.6 Å². The van der Waals surface area contributed by atoms with E-state index in [2.05, 4.69) is 23.8 Å². The molecule has 0 fully saturated rings. The molecule has 1 aromatic carbocycles. The smallest absolute Gasteiger partial charge is 0.442 e. The Kier molecular flexibility index (Phi) is 7.19. The van der Waals surface area contributed by atoms with Gasteiger partial charge in [0.1, 0.15) is 11.4 Å². The fourth-order valence-electron chi connectivity index (χ4n) is 2.74. The summed E-state index contributed by atoms with van der Waals surface area (Å²) >= 11 is 0. The van der Waals surface area contributed by atoms with Crippen LogP contribution in [0.4, 0.5) is 29.5 Å². The van der Waals surface area contributed by atoms with Gasteiger partial charge in [-0.15, -0.1) is 4.36 Å². The first-order valence-corrected chi connectivity index (χ1v) is 13.4. The molecule has 1 unspecified atom stereocenters. The zero-order valence-electron chi connectivity index (χ0n) is 19.4. The SMILES string of the molecule is CC(C)(C)OC(=O)N=S(C)(=O)c1ccc(Nc2cc3c(OS(=O)(=O)C(F)(F)F)nccc3cn2)cc1. The number of hydrogen-bond acceptors (Lipinski definition) is 9. The van der Waals surface area contributed by atoms with Crippen LogP contribution in [0.5, 0.6) is 5.88 Å². The van der Waals surface area contributed by atoms with E-state index in [-0.39, 0.29) is 21.5 Å². The number of nitrogens with one attached hydrogen (secondary N) is 1. The van der Waals surface area contributed by atoms with E-state index in [1.54, 1.807) is 20.8 Å². The standard InChI is InChI=1S/C21H21F3N4O6S2/c1-20(2,3)33-19(29)28-35(4,30)15-7-5-14(6-8-15)27-17-11-16-13(12-26-17)9-10-25-18(16)34-36(31,32)21(22,23)24/h5-12H,1-4H3,(H,26,27). The Morgan fingerprint density at radius 2 is 1.67 bits per heavy atom. The molecule has 0 saturated carbocycles. The summed E-state index contributed by atoms with van der Waals surface area (Å²) in [6.45, 7) is 4.96. The molecule has 1 amide bonds. The fraction of sp³-hybridized carbons (Fsp3) is 0.286. The molecule has 194 valence electrons. The number of carbonyl (C=O) groups excluding carboxylic acids is 1. The monoisotopic (exact) mass is 546 g/mol. The van der Waals surface area contributed by atoms with Crippen LogP contribution < -0.4 is 9.50 Å². The first-order chi connectivity index (χ1) is 16.5. The lowest BCUT2D eigenvalue weighted by atomic mass is 10.2. The summed E-state index contributed by atoms with van der Waals surface area (Å²) in [5.74, 6) is -0.631. The van der Waals surface area contributed by atoms with Crippen molar-refractivity contribution in [3.8, 4) is 5.88 Å². The summed E-state index contributed by atoms with van der Waals surface area (Å²) in [6.07, 6.45) is 2.70. The second kappa shape index (κ2) is 9.54. The zero-order valence-corrected chi connectivity index (χ0v) is 21.0. The molecule has 1 N–H and O–H groups in total. The highest BCUT2D eigenvalue weighted by molar-refractivity contribution is 7.93. The topological polar surface area (TPSA) is 137 Å². The van der Waals surface area contributed by atoms with Gasteiger partial charge in [0, 0.05) is 34.6 Å². The number of pyridine rings is 2. The van der Waals surface area contributed by atoms with Crippen LogP contribution in [0.15, 0.2) is 58.1 Å². The second-order valence-electron chi connectivity index (χ2n) is 8.41. The van der Waals surface area contributed by atoms with Crippen molar-refractivity contribution in [3.05, 3.63) is 48.8 Å². The third kappa shape index (κ3) is 6.60. The minimum atomic E-state index is -5.92. The highest BCUT2D eigenvalue weighted by Crippen LogP contribution is 2.31.